The summed E-state index contributed by atoms with van der Waals surface area (Å²) in [4.78, 5) is 30.0. The second-order valence-electron chi connectivity index (χ2n) is 7.10. The normalized spacial score (nSPS) is 20.0. The number of para-hydroxylation sites is 1. The molecule has 0 radical (unpaired) electrons. The molecule has 1 unspecified atom stereocenters. The second-order valence-corrected chi connectivity index (χ2v) is 7.10. The van der Waals surface area contributed by atoms with Crippen LogP contribution in [-0.2, 0) is 11.0 Å². The number of pyridine rings is 1. The zero-order valence-corrected chi connectivity index (χ0v) is 14.9. The van der Waals surface area contributed by atoms with Crippen molar-refractivity contribution in [2.24, 2.45) is 5.92 Å². The third-order valence-corrected chi connectivity index (χ3v) is 5.49. The SMILES string of the molecule is O=C1Nc2ccccc2C1C1CCN(C(=O)c2ccncc2C(F)(F)F)CC1. The van der Waals surface area contributed by atoms with Gasteiger partial charge in [-0.3, -0.25) is 14.6 Å². The first-order valence-electron chi connectivity index (χ1n) is 9.06. The van der Waals surface area contributed by atoms with Crippen LogP contribution in [0, 0.1) is 5.92 Å². The number of anilines is 1. The molecule has 4 rings (SSSR count). The quantitative estimate of drug-likeness (QED) is 0.852. The number of fused-ring (bicyclic) bond motifs is 1. The Kier molecular flexibility index (Phi) is 4.56. The van der Waals surface area contributed by atoms with E-state index in [4.69, 9.17) is 0 Å². The molecule has 146 valence electrons. The van der Waals surface area contributed by atoms with Gasteiger partial charge in [0.2, 0.25) is 5.91 Å². The molecule has 2 aliphatic rings. The van der Waals surface area contributed by atoms with Crippen molar-refractivity contribution in [1.29, 1.82) is 0 Å². The van der Waals surface area contributed by atoms with Crippen molar-refractivity contribution in [2.45, 2.75) is 24.9 Å². The number of carbonyl (C=O) groups excluding carboxylic acids is 2. The molecule has 8 heteroatoms. The molecular weight excluding hydrogens is 371 g/mol. The largest absolute Gasteiger partial charge is 0.418 e. The van der Waals surface area contributed by atoms with E-state index in [2.05, 4.69) is 10.3 Å². The summed E-state index contributed by atoms with van der Waals surface area (Å²) in [5, 5.41) is 2.88. The topological polar surface area (TPSA) is 62.3 Å². The molecule has 1 N–H and O–H groups in total. The van der Waals surface area contributed by atoms with Gasteiger partial charge in [-0.1, -0.05) is 18.2 Å². The summed E-state index contributed by atoms with van der Waals surface area (Å²) in [5.74, 6) is -0.934. The molecule has 0 bridgehead atoms. The van der Waals surface area contributed by atoms with E-state index in [1.165, 1.54) is 11.1 Å². The third-order valence-electron chi connectivity index (χ3n) is 5.49. The van der Waals surface area contributed by atoms with E-state index in [0.29, 0.717) is 32.1 Å². The van der Waals surface area contributed by atoms with Gasteiger partial charge < -0.3 is 10.2 Å². The Morgan fingerprint density at radius 1 is 1.14 bits per heavy atom. The van der Waals surface area contributed by atoms with E-state index < -0.39 is 17.6 Å². The smallest absolute Gasteiger partial charge is 0.339 e. The monoisotopic (exact) mass is 389 g/mol. The minimum absolute atomic E-state index is 0.0484. The Balaban J connectivity index is 1.48. The number of amides is 2. The number of carbonyl (C=O) groups is 2. The van der Waals surface area contributed by atoms with E-state index in [1.54, 1.807) is 0 Å². The molecule has 2 amide bonds. The Hall–Kier alpha value is -2.90. The van der Waals surface area contributed by atoms with Gasteiger partial charge in [0.05, 0.1) is 17.0 Å². The molecule has 1 aromatic carbocycles. The van der Waals surface area contributed by atoms with Crippen molar-refractivity contribution in [3.05, 3.63) is 59.4 Å². The van der Waals surface area contributed by atoms with Crippen molar-refractivity contribution in [3.63, 3.8) is 0 Å². The predicted molar refractivity (Wildman–Crippen MR) is 95.7 cm³/mol. The van der Waals surface area contributed by atoms with Crippen LogP contribution in [0.2, 0.25) is 0 Å². The summed E-state index contributed by atoms with van der Waals surface area (Å²) in [6.45, 7) is 0.629. The highest BCUT2D eigenvalue weighted by Gasteiger charge is 2.40. The number of halogens is 3. The van der Waals surface area contributed by atoms with Gasteiger partial charge in [0.15, 0.2) is 0 Å². The van der Waals surface area contributed by atoms with E-state index in [1.807, 2.05) is 24.3 Å². The fourth-order valence-electron chi connectivity index (χ4n) is 4.11. The molecule has 2 aromatic rings. The van der Waals surface area contributed by atoms with Gasteiger partial charge in [-0.15, -0.1) is 0 Å². The average Bonchev–Trinajstić information content (AvgIpc) is 3.02. The maximum absolute atomic E-state index is 13.2. The van der Waals surface area contributed by atoms with Gasteiger partial charge in [-0.25, -0.2) is 0 Å². The number of rotatable bonds is 2. The van der Waals surface area contributed by atoms with Crippen molar-refractivity contribution in [2.75, 3.05) is 18.4 Å². The number of piperidine rings is 1. The van der Waals surface area contributed by atoms with Crippen molar-refractivity contribution < 1.29 is 22.8 Å². The lowest BCUT2D eigenvalue weighted by Crippen LogP contribution is -2.41. The minimum atomic E-state index is -4.64. The van der Waals surface area contributed by atoms with Gasteiger partial charge in [0.1, 0.15) is 0 Å². The minimum Gasteiger partial charge on any atom is -0.339 e. The maximum Gasteiger partial charge on any atom is 0.418 e. The Bertz CT molecular complexity index is 921. The predicted octanol–water partition coefficient (Wildman–Crippen LogP) is 3.69. The molecular formula is C20H18F3N3O2. The molecule has 1 aromatic heterocycles. The van der Waals surface area contributed by atoms with Gasteiger partial charge in [0, 0.05) is 31.2 Å². The number of hydrogen-bond acceptors (Lipinski definition) is 3. The molecule has 2 aliphatic heterocycles. The van der Waals surface area contributed by atoms with Crippen LogP contribution in [0.5, 0.6) is 0 Å². The number of nitrogens with zero attached hydrogens (tertiary/aromatic N) is 2. The number of benzene rings is 1. The van der Waals surface area contributed by atoms with Crippen molar-refractivity contribution in [3.8, 4) is 0 Å². The number of hydrogen-bond donors (Lipinski definition) is 1. The average molecular weight is 389 g/mol. The van der Waals surface area contributed by atoms with Crippen molar-refractivity contribution in [1.82, 2.24) is 9.88 Å². The van der Waals surface area contributed by atoms with E-state index in [0.717, 1.165) is 17.3 Å². The number of aromatic nitrogens is 1. The van der Waals surface area contributed by atoms with Crippen LogP contribution in [0.4, 0.5) is 18.9 Å². The molecule has 28 heavy (non-hydrogen) atoms. The summed E-state index contributed by atoms with van der Waals surface area (Å²) < 4.78 is 39.5. The summed E-state index contributed by atoms with van der Waals surface area (Å²) >= 11 is 0. The van der Waals surface area contributed by atoms with Gasteiger partial charge >= 0.3 is 6.18 Å². The first kappa shape index (κ1) is 18.5. The second kappa shape index (κ2) is 6.92. The molecule has 1 saturated heterocycles. The third kappa shape index (κ3) is 3.23. The fourth-order valence-corrected chi connectivity index (χ4v) is 4.11. The highest BCUT2D eigenvalue weighted by Crippen LogP contribution is 2.41. The van der Waals surface area contributed by atoms with E-state index in [9.17, 15) is 22.8 Å². The van der Waals surface area contributed by atoms with Crippen LogP contribution >= 0.6 is 0 Å². The molecule has 3 heterocycles. The molecule has 0 spiro atoms. The molecule has 1 fully saturated rings. The summed E-state index contributed by atoms with van der Waals surface area (Å²) in [7, 11) is 0. The standard InChI is InChI=1S/C20H18F3N3O2/c21-20(22,23)15-11-24-8-5-13(15)19(28)26-9-6-12(7-10-26)17-14-3-1-2-4-16(14)25-18(17)27/h1-5,8,11-12,17H,6-7,9-10H2,(H,25,27). The van der Waals surface area contributed by atoms with Crippen LogP contribution < -0.4 is 5.32 Å². The molecule has 0 aliphatic carbocycles. The number of alkyl halides is 3. The highest BCUT2D eigenvalue weighted by atomic mass is 19.4. The van der Waals surface area contributed by atoms with Gasteiger partial charge in [-0.2, -0.15) is 13.2 Å². The number of nitrogens with one attached hydrogen (secondary N) is 1. The highest BCUT2D eigenvalue weighted by molar-refractivity contribution is 6.03. The number of likely N-dealkylation sites (tertiary alicyclic amines) is 1. The summed E-state index contributed by atoms with van der Waals surface area (Å²) in [6, 6.07) is 8.62. The summed E-state index contributed by atoms with van der Waals surface area (Å²) in [6.07, 6.45) is -1.65. The van der Waals surface area contributed by atoms with Gasteiger partial charge in [0.25, 0.3) is 5.91 Å². The first-order valence-corrected chi connectivity index (χ1v) is 9.06. The molecule has 1 atom stereocenters. The lowest BCUT2D eigenvalue weighted by atomic mass is 9.80. The Morgan fingerprint density at radius 3 is 2.57 bits per heavy atom. The van der Waals surface area contributed by atoms with Crippen LogP contribution in [0.3, 0.4) is 0 Å². The lowest BCUT2D eigenvalue weighted by molar-refractivity contribution is -0.138. The van der Waals surface area contributed by atoms with Crippen LogP contribution in [-0.4, -0.2) is 34.8 Å². The fraction of sp³-hybridized carbons (Fsp3) is 0.350. The van der Waals surface area contributed by atoms with E-state index in [-0.39, 0.29) is 23.3 Å². The Morgan fingerprint density at radius 2 is 1.86 bits per heavy atom. The first-order chi connectivity index (χ1) is 13.4. The zero-order chi connectivity index (χ0) is 19.9. The van der Waals surface area contributed by atoms with Crippen LogP contribution in [0.25, 0.3) is 0 Å². The van der Waals surface area contributed by atoms with E-state index >= 15 is 0 Å². The Labute approximate surface area is 159 Å². The maximum atomic E-state index is 13.2. The van der Waals surface area contributed by atoms with Gasteiger partial charge in [-0.05, 0) is 36.5 Å². The molecule has 0 saturated carbocycles. The zero-order valence-electron chi connectivity index (χ0n) is 14.9. The van der Waals surface area contributed by atoms with Crippen molar-refractivity contribution >= 4 is 17.5 Å². The summed E-state index contributed by atoms with van der Waals surface area (Å²) in [5.41, 5.74) is 0.351. The lowest BCUT2D eigenvalue weighted by Gasteiger charge is -2.34. The molecule has 5 nitrogen and oxygen atoms in total. The van der Waals surface area contributed by atoms with Crippen LogP contribution in [0.15, 0.2) is 42.7 Å². The van der Waals surface area contributed by atoms with Crippen LogP contribution in [0.1, 0.15) is 40.2 Å².